The molecule has 0 spiro atoms. The smallest absolute Gasteiger partial charge is 0.343 e. The molecule has 11 nitrogen and oxygen atoms in total. The third kappa shape index (κ3) is 5.42. The summed E-state index contributed by atoms with van der Waals surface area (Å²) in [6.45, 7) is 0. The zero-order valence-corrected chi connectivity index (χ0v) is 16.6. The number of esters is 1. The van der Waals surface area contributed by atoms with Gasteiger partial charge in [-0.05, 0) is 48.5 Å². The number of anilines is 1. The Morgan fingerprint density at radius 1 is 0.969 bits per heavy atom. The van der Waals surface area contributed by atoms with Crippen molar-refractivity contribution < 1.29 is 24.1 Å². The molecule has 0 aromatic heterocycles. The van der Waals surface area contributed by atoms with Gasteiger partial charge in [0.05, 0.1) is 34.4 Å². The quantitative estimate of drug-likeness (QED) is 0.182. The fourth-order valence-electron chi connectivity index (χ4n) is 2.57. The second-order valence-corrected chi connectivity index (χ2v) is 6.28. The molecule has 11 heteroatoms. The van der Waals surface area contributed by atoms with Gasteiger partial charge >= 0.3 is 11.7 Å². The molecule has 0 atom stereocenters. The molecule has 0 saturated heterocycles. The van der Waals surface area contributed by atoms with Crippen molar-refractivity contribution >= 4 is 29.2 Å². The highest BCUT2D eigenvalue weighted by atomic mass is 16.6. The zero-order valence-electron chi connectivity index (χ0n) is 16.6. The van der Waals surface area contributed by atoms with Crippen molar-refractivity contribution in [1.29, 1.82) is 0 Å². The maximum Gasteiger partial charge on any atom is 0.343 e. The van der Waals surface area contributed by atoms with Gasteiger partial charge in [0.25, 0.3) is 5.69 Å². The highest BCUT2D eigenvalue weighted by Crippen LogP contribution is 2.28. The van der Waals surface area contributed by atoms with E-state index in [1.54, 1.807) is 12.1 Å². The van der Waals surface area contributed by atoms with Crippen LogP contribution in [0.3, 0.4) is 0 Å². The first kappa shape index (κ1) is 21.9. The van der Waals surface area contributed by atoms with Crippen molar-refractivity contribution in [2.45, 2.75) is 0 Å². The number of rotatable bonds is 8. The molecular weight excluding hydrogens is 420 g/mol. The lowest BCUT2D eigenvalue weighted by molar-refractivity contribution is -0.385. The highest BCUT2D eigenvalue weighted by molar-refractivity contribution is 5.92. The van der Waals surface area contributed by atoms with Crippen molar-refractivity contribution in [1.82, 2.24) is 0 Å². The number of carbonyl (C=O) groups is 1. The van der Waals surface area contributed by atoms with Crippen molar-refractivity contribution in [2.24, 2.45) is 5.10 Å². The van der Waals surface area contributed by atoms with Crippen LogP contribution >= 0.6 is 0 Å². The molecule has 0 aliphatic heterocycles. The number of nitro benzene ring substituents is 2. The van der Waals surface area contributed by atoms with Crippen LogP contribution in [0.4, 0.5) is 17.1 Å². The summed E-state index contributed by atoms with van der Waals surface area (Å²) in [5.41, 5.74) is 3.27. The van der Waals surface area contributed by atoms with Crippen LogP contribution < -0.4 is 14.9 Å². The Morgan fingerprint density at radius 2 is 1.66 bits per heavy atom. The monoisotopic (exact) mass is 436 g/mol. The number of carbonyl (C=O) groups excluding carboxylic acids is 1. The maximum absolute atomic E-state index is 12.3. The first-order valence-electron chi connectivity index (χ1n) is 9.05. The van der Waals surface area contributed by atoms with Crippen LogP contribution in [-0.2, 0) is 0 Å². The lowest BCUT2D eigenvalue weighted by Gasteiger charge is -2.06. The van der Waals surface area contributed by atoms with Gasteiger partial charge in [0.15, 0.2) is 0 Å². The predicted molar refractivity (Wildman–Crippen MR) is 115 cm³/mol. The van der Waals surface area contributed by atoms with Gasteiger partial charge in [0.1, 0.15) is 5.75 Å². The molecule has 0 unspecified atom stereocenters. The topological polar surface area (TPSA) is 146 Å². The van der Waals surface area contributed by atoms with E-state index in [2.05, 4.69) is 10.5 Å². The van der Waals surface area contributed by atoms with Crippen LogP contribution in [0.1, 0.15) is 15.9 Å². The molecule has 1 N–H and O–H groups in total. The average molecular weight is 436 g/mol. The Bertz CT molecular complexity index is 1180. The summed E-state index contributed by atoms with van der Waals surface area (Å²) < 4.78 is 10.2. The maximum atomic E-state index is 12.3. The summed E-state index contributed by atoms with van der Waals surface area (Å²) in [5.74, 6) is -0.410. The number of methoxy groups -OCH3 is 1. The zero-order chi connectivity index (χ0) is 23.1. The Kier molecular flexibility index (Phi) is 6.71. The van der Waals surface area contributed by atoms with E-state index >= 15 is 0 Å². The Hall–Kier alpha value is -4.80. The lowest BCUT2D eigenvalue weighted by Crippen LogP contribution is -2.10. The van der Waals surface area contributed by atoms with Gasteiger partial charge in [-0.15, -0.1) is 0 Å². The molecular formula is C21H16N4O7. The number of hydrogen-bond donors (Lipinski definition) is 1. The van der Waals surface area contributed by atoms with Crippen LogP contribution in [0.2, 0.25) is 0 Å². The summed E-state index contributed by atoms with van der Waals surface area (Å²) in [6.07, 6.45) is 1.32. The summed E-state index contributed by atoms with van der Waals surface area (Å²) in [7, 11) is 1.49. The predicted octanol–water partition coefficient (Wildman–Crippen LogP) is 4.18. The Morgan fingerprint density at radius 3 is 2.25 bits per heavy atom. The minimum absolute atomic E-state index is 0.0602. The summed E-state index contributed by atoms with van der Waals surface area (Å²) in [5, 5.41) is 26.1. The van der Waals surface area contributed by atoms with E-state index in [9.17, 15) is 25.0 Å². The van der Waals surface area contributed by atoms with Crippen LogP contribution in [-0.4, -0.2) is 29.1 Å². The van der Waals surface area contributed by atoms with E-state index in [0.717, 1.165) is 0 Å². The molecule has 0 heterocycles. The number of nitro groups is 2. The molecule has 0 fully saturated rings. The standard InChI is InChI=1S/C21H16N4O7/c1-31-18-9-3-15(4-10-18)21(26)32-20-11-2-14(12-19(20)25(29)30)13-22-23-16-5-7-17(8-6-16)24(27)28/h2-13,23H,1H3/b22-13-. The number of nitrogens with one attached hydrogen (secondary N) is 1. The molecule has 3 aromatic rings. The molecule has 0 aliphatic carbocycles. The molecule has 0 amide bonds. The molecule has 0 saturated carbocycles. The number of ether oxygens (including phenoxy) is 2. The van der Waals surface area contributed by atoms with E-state index in [0.29, 0.717) is 17.0 Å². The largest absolute Gasteiger partial charge is 0.497 e. The van der Waals surface area contributed by atoms with Crippen LogP contribution in [0.5, 0.6) is 11.5 Å². The number of hydrazone groups is 1. The van der Waals surface area contributed by atoms with E-state index in [-0.39, 0.29) is 17.0 Å². The van der Waals surface area contributed by atoms with Gasteiger partial charge < -0.3 is 9.47 Å². The summed E-state index contributed by atoms with van der Waals surface area (Å²) in [4.78, 5) is 33.2. The Labute approximate surface area is 181 Å². The molecule has 3 aromatic carbocycles. The van der Waals surface area contributed by atoms with Gasteiger partial charge in [0.2, 0.25) is 5.75 Å². The third-order valence-corrected chi connectivity index (χ3v) is 4.19. The summed E-state index contributed by atoms with van der Waals surface area (Å²) >= 11 is 0. The van der Waals surface area contributed by atoms with Gasteiger partial charge in [0, 0.05) is 23.8 Å². The van der Waals surface area contributed by atoms with Crippen molar-refractivity contribution in [3.63, 3.8) is 0 Å². The molecule has 0 bridgehead atoms. The fourth-order valence-corrected chi connectivity index (χ4v) is 2.57. The highest BCUT2D eigenvalue weighted by Gasteiger charge is 2.19. The minimum Gasteiger partial charge on any atom is -0.497 e. The molecule has 32 heavy (non-hydrogen) atoms. The van der Waals surface area contributed by atoms with Crippen LogP contribution in [0.15, 0.2) is 71.8 Å². The number of hydrogen-bond acceptors (Lipinski definition) is 9. The Balaban J connectivity index is 1.72. The second-order valence-electron chi connectivity index (χ2n) is 6.28. The van der Waals surface area contributed by atoms with Crippen molar-refractivity contribution in [3.8, 4) is 11.5 Å². The fraction of sp³-hybridized carbons (Fsp3) is 0.0476. The average Bonchev–Trinajstić information content (AvgIpc) is 2.80. The summed E-state index contributed by atoms with van der Waals surface area (Å²) in [6, 6.07) is 15.7. The first-order valence-corrected chi connectivity index (χ1v) is 9.05. The van der Waals surface area contributed by atoms with E-state index in [1.165, 1.54) is 67.9 Å². The number of nitrogens with zero attached hydrogens (tertiary/aromatic N) is 3. The normalized spacial score (nSPS) is 10.5. The van der Waals surface area contributed by atoms with E-state index < -0.39 is 21.5 Å². The van der Waals surface area contributed by atoms with E-state index in [1.807, 2.05) is 0 Å². The van der Waals surface area contributed by atoms with Gasteiger partial charge in [-0.1, -0.05) is 0 Å². The minimum atomic E-state index is -0.753. The van der Waals surface area contributed by atoms with Gasteiger partial charge in [-0.2, -0.15) is 5.10 Å². The lowest BCUT2D eigenvalue weighted by atomic mass is 10.2. The van der Waals surface area contributed by atoms with Crippen molar-refractivity contribution in [2.75, 3.05) is 12.5 Å². The molecule has 162 valence electrons. The third-order valence-electron chi connectivity index (χ3n) is 4.19. The number of benzene rings is 3. The molecule has 0 aliphatic rings. The van der Waals surface area contributed by atoms with Crippen LogP contribution in [0, 0.1) is 20.2 Å². The van der Waals surface area contributed by atoms with Gasteiger partial charge in [-0.25, -0.2) is 4.79 Å². The van der Waals surface area contributed by atoms with Gasteiger partial charge in [-0.3, -0.25) is 25.7 Å². The van der Waals surface area contributed by atoms with Crippen molar-refractivity contribution in [3.05, 3.63) is 98.1 Å². The molecule has 3 rings (SSSR count). The first-order chi connectivity index (χ1) is 15.4. The van der Waals surface area contributed by atoms with E-state index in [4.69, 9.17) is 9.47 Å². The molecule has 0 radical (unpaired) electrons. The SMILES string of the molecule is COc1ccc(C(=O)Oc2ccc(/C=N\Nc3ccc([N+](=O)[O-])cc3)cc2[N+](=O)[O-])cc1. The van der Waals surface area contributed by atoms with Crippen LogP contribution in [0.25, 0.3) is 0 Å². The number of non-ortho nitro benzene ring substituents is 1. The second kappa shape index (κ2) is 9.80.